The quantitative estimate of drug-likeness (QED) is 0.552. The standard InChI is InChI=1S/C26H34FNO4/c1-4-19(5-2)25(26(30)32-17-18-9-11-23(31-3)12-10-18)28-14-21(16-29)24(15-28)20-7-6-8-22(27)13-20/h6-13,19,21,24-25,29H,4-5,14-17H2,1-3H3/t21-,24-,25-/m1/s1. The molecule has 0 aliphatic carbocycles. The Balaban J connectivity index is 1.76. The molecule has 1 heterocycles. The lowest BCUT2D eigenvalue weighted by Crippen LogP contribution is -2.46. The first-order valence-electron chi connectivity index (χ1n) is 11.4. The molecule has 5 nitrogen and oxygen atoms in total. The lowest BCUT2D eigenvalue weighted by Gasteiger charge is -2.32. The molecule has 0 unspecified atom stereocenters. The van der Waals surface area contributed by atoms with Gasteiger partial charge in [0.15, 0.2) is 0 Å². The van der Waals surface area contributed by atoms with Gasteiger partial charge in [0.25, 0.3) is 0 Å². The number of halogens is 1. The van der Waals surface area contributed by atoms with Crippen molar-refractivity contribution in [3.8, 4) is 5.75 Å². The van der Waals surface area contributed by atoms with Gasteiger partial charge in [0, 0.05) is 31.5 Å². The molecule has 6 heteroatoms. The van der Waals surface area contributed by atoms with E-state index in [9.17, 15) is 14.3 Å². The van der Waals surface area contributed by atoms with Crippen molar-refractivity contribution in [2.45, 2.75) is 45.3 Å². The van der Waals surface area contributed by atoms with Crippen molar-refractivity contribution in [1.29, 1.82) is 0 Å². The maximum atomic E-state index is 13.8. The van der Waals surface area contributed by atoms with Gasteiger partial charge in [-0.25, -0.2) is 4.39 Å². The van der Waals surface area contributed by atoms with Crippen molar-refractivity contribution in [3.63, 3.8) is 0 Å². The lowest BCUT2D eigenvalue weighted by molar-refractivity contribution is -0.153. The second-order valence-electron chi connectivity index (χ2n) is 8.54. The Bertz CT molecular complexity index is 868. The average molecular weight is 444 g/mol. The van der Waals surface area contributed by atoms with Crippen molar-refractivity contribution in [3.05, 3.63) is 65.5 Å². The van der Waals surface area contributed by atoms with E-state index < -0.39 is 6.04 Å². The molecule has 0 amide bonds. The van der Waals surface area contributed by atoms with Gasteiger partial charge in [-0.1, -0.05) is 51.0 Å². The normalized spacial score (nSPS) is 19.8. The molecular weight excluding hydrogens is 409 g/mol. The average Bonchev–Trinajstić information content (AvgIpc) is 3.25. The highest BCUT2D eigenvalue weighted by Crippen LogP contribution is 2.36. The summed E-state index contributed by atoms with van der Waals surface area (Å²) >= 11 is 0. The minimum absolute atomic E-state index is 0.00574. The molecule has 3 rings (SSSR count). The van der Waals surface area contributed by atoms with Gasteiger partial charge in [0.2, 0.25) is 0 Å². The van der Waals surface area contributed by atoms with Gasteiger partial charge in [-0.15, -0.1) is 0 Å². The SMILES string of the molecule is CCC(CC)[C@H](C(=O)OCc1ccc(OC)cc1)N1C[C@H](CO)[C@@H](c2cccc(F)c2)C1. The molecule has 1 saturated heterocycles. The number of nitrogens with zero attached hydrogens (tertiary/aromatic N) is 1. The molecule has 2 aromatic rings. The number of carbonyl (C=O) groups excluding carboxylic acids is 1. The number of methoxy groups -OCH3 is 1. The number of aliphatic hydroxyl groups is 1. The third-order valence-electron chi connectivity index (χ3n) is 6.65. The number of benzene rings is 2. The summed E-state index contributed by atoms with van der Waals surface area (Å²) in [6.07, 6.45) is 1.70. The second kappa shape index (κ2) is 11.4. The van der Waals surface area contributed by atoms with E-state index in [0.29, 0.717) is 13.1 Å². The van der Waals surface area contributed by atoms with Crippen LogP contribution in [0.2, 0.25) is 0 Å². The Morgan fingerprint density at radius 2 is 1.88 bits per heavy atom. The second-order valence-corrected chi connectivity index (χ2v) is 8.54. The Labute approximate surface area is 190 Å². The van der Waals surface area contributed by atoms with Crippen LogP contribution < -0.4 is 4.74 Å². The van der Waals surface area contributed by atoms with Gasteiger partial charge in [-0.2, -0.15) is 0 Å². The van der Waals surface area contributed by atoms with Crippen molar-refractivity contribution in [2.75, 3.05) is 26.8 Å². The van der Waals surface area contributed by atoms with Crippen LogP contribution in [0.1, 0.15) is 43.7 Å². The predicted molar refractivity (Wildman–Crippen MR) is 122 cm³/mol. The van der Waals surface area contributed by atoms with E-state index in [0.717, 1.165) is 29.7 Å². The fraction of sp³-hybridized carbons (Fsp3) is 0.500. The van der Waals surface area contributed by atoms with Gasteiger partial charge < -0.3 is 14.6 Å². The van der Waals surface area contributed by atoms with Gasteiger partial charge in [-0.05, 0) is 41.3 Å². The van der Waals surface area contributed by atoms with Crippen LogP contribution >= 0.6 is 0 Å². The summed E-state index contributed by atoms with van der Waals surface area (Å²) < 4.78 is 24.7. The third-order valence-corrected chi connectivity index (χ3v) is 6.65. The smallest absolute Gasteiger partial charge is 0.323 e. The van der Waals surface area contributed by atoms with Crippen LogP contribution in [0.15, 0.2) is 48.5 Å². The van der Waals surface area contributed by atoms with Crippen LogP contribution in [-0.2, 0) is 16.1 Å². The summed E-state index contributed by atoms with van der Waals surface area (Å²) in [5.74, 6) is 0.290. The van der Waals surface area contributed by atoms with Gasteiger partial charge >= 0.3 is 5.97 Å². The van der Waals surface area contributed by atoms with E-state index in [4.69, 9.17) is 9.47 Å². The van der Waals surface area contributed by atoms with Gasteiger partial charge in [-0.3, -0.25) is 9.69 Å². The number of rotatable bonds is 10. The van der Waals surface area contributed by atoms with Crippen molar-refractivity contribution in [2.24, 2.45) is 11.8 Å². The highest BCUT2D eigenvalue weighted by molar-refractivity contribution is 5.76. The molecule has 0 bridgehead atoms. The number of carbonyl (C=O) groups is 1. The first-order chi connectivity index (χ1) is 15.5. The Kier molecular flexibility index (Phi) is 8.65. The first kappa shape index (κ1) is 24.2. The van der Waals surface area contributed by atoms with E-state index in [1.165, 1.54) is 12.1 Å². The number of hydrogen-bond acceptors (Lipinski definition) is 5. The van der Waals surface area contributed by atoms with Crippen molar-refractivity contribution >= 4 is 5.97 Å². The zero-order valence-corrected chi connectivity index (χ0v) is 19.2. The Hall–Kier alpha value is -2.44. The monoisotopic (exact) mass is 443 g/mol. The number of ether oxygens (including phenoxy) is 2. The maximum absolute atomic E-state index is 13.8. The van der Waals surface area contributed by atoms with Gasteiger partial charge in [0.1, 0.15) is 24.2 Å². The number of likely N-dealkylation sites (tertiary alicyclic amines) is 1. The summed E-state index contributed by atoms with van der Waals surface area (Å²) in [5, 5.41) is 10.0. The van der Waals surface area contributed by atoms with E-state index in [2.05, 4.69) is 18.7 Å². The fourth-order valence-electron chi connectivity index (χ4n) is 4.77. The van der Waals surface area contributed by atoms with Crippen LogP contribution in [-0.4, -0.2) is 48.8 Å². The van der Waals surface area contributed by atoms with E-state index in [1.54, 1.807) is 13.2 Å². The lowest BCUT2D eigenvalue weighted by atomic mass is 9.89. The van der Waals surface area contributed by atoms with E-state index in [-0.39, 0.29) is 42.8 Å². The minimum atomic E-state index is -0.393. The van der Waals surface area contributed by atoms with Crippen LogP contribution in [0.25, 0.3) is 0 Å². The van der Waals surface area contributed by atoms with Crippen LogP contribution in [0.5, 0.6) is 5.75 Å². The van der Waals surface area contributed by atoms with E-state index in [1.807, 2.05) is 30.3 Å². The molecule has 1 aliphatic heterocycles. The van der Waals surface area contributed by atoms with Crippen LogP contribution in [0.3, 0.4) is 0 Å². The molecular formula is C26H34FNO4. The number of hydrogen-bond donors (Lipinski definition) is 1. The zero-order chi connectivity index (χ0) is 23.1. The molecule has 0 radical (unpaired) electrons. The number of esters is 1. The summed E-state index contributed by atoms with van der Waals surface area (Å²) in [5.41, 5.74) is 1.76. The van der Waals surface area contributed by atoms with E-state index >= 15 is 0 Å². The molecule has 1 aliphatic rings. The molecule has 0 spiro atoms. The summed E-state index contributed by atoms with van der Waals surface area (Å²) in [4.78, 5) is 15.4. The molecule has 2 aromatic carbocycles. The van der Waals surface area contributed by atoms with Crippen LogP contribution in [0.4, 0.5) is 4.39 Å². The van der Waals surface area contributed by atoms with Crippen molar-refractivity contribution < 1.29 is 23.8 Å². The molecule has 32 heavy (non-hydrogen) atoms. The molecule has 174 valence electrons. The summed E-state index contributed by atoms with van der Waals surface area (Å²) in [7, 11) is 1.61. The summed E-state index contributed by atoms with van der Waals surface area (Å²) in [6.45, 7) is 5.53. The largest absolute Gasteiger partial charge is 0.497 e. The molecule has 0 saturated carbocycles. The first-order valence-corrected chi connectivity index (χ1v) is 11.4. The molecule has 3 atom stereocenters. The fourth-order valence-corrected chi connectivity index (χ4v) is 4.77. The Morgan fingerprint density at radius 1 is 1.16 bits per heavy atom. The maximum Gasteiger partial charge on any atom is 0.323 e. The third kappa shape index (κ3) is 5.67. The minimum Gasteiger partial charge on any atom is -0.497 e. The summed E-state index contributed by atoms with van der Waals surface area (Å²) in [6, 6.07) is 13.6. The molecule has 1 fully saturated rings. The van der Waals surface area contributed by atoms with Gasteiger partial charge in [0.05, 0.1) is 7.11 Å². The van der Waals surface area contributed by atoms with Crippen molar-refractivity contribution in [1.82, 2.24) is 4.90 Å². The zero-order valence-electron chi connectivity index (χ0n) is 19.2. The number of aliphatic hydroxyl groups excluding tert-OH is 1. The predicted octanol–water partition coefficient (Wildman–Crippen LogP) is 4.39. The Morgan fingerprint density at radius 3 is 2.47 bits per heavy atom. The highest BCUT2D eigenvalue weighted by Gasteiger charge is 2.42. The van der Waals surface area contributed by atoms with Crippen LogP contribution in [0, 0.1) is 17.7 Å². The topological polar surface area (TPSA) is 59.0 Å². The molecule has 0 aromatic heterocycles. The molecule has 1 N–H and O–H groups in total. The highest BCUT2D eigenvalue weighted by atomic mass is 19.1.